The number of carboxylic acids is 3. The van der Waals surface area contributed by atoms with Crippen LogP contribution in [0.15, 0.2) is 73.2 Å². The van der Waals surface area contributed by atoms with E-state index in [2.05, 4.69) is 15.0 Å². The van der Waals surface area contributed by atoms with E-state index in [4.69, 9.17) is 0 Å². The van der Waals surface area contributed by atoms with Crippen molar-refractivity contribution in [3.05, 3.63) is 90.3 Å². The largest absolute Gasteiger partial charge is 3.00 e. The molecule has 0 spiro atoms. The normalized spacial score (nSPS) is 8.57. The Bertz CT molecular complexity index is 747. The van der Waals surface area contributed by atoms with Gasteiger partial charge in [-0.05, 0) is 36.4 Å². The van der Waals surface area contributed by atoms with Crippen LogP contribution in [0.1, 0.15) is 31.5 Å². The molecule has 0 bridgehead atoms. The maximum atomic E-state index is 10.0. The number of aromatic carboxylic acids is 3. The predicted molar refractivity (Wildman–Crippen MR) is 85.7 cm³/mol. The van der Waals surface area contributed by atoms with E-state index >= 15 is 0 Å². The summed E-state index contributed by atoms with van der Waals surface area (Å²) in [4.78, 5) is 40.6. The summed E-state index contributed by atoms with van der Waals surface area (Å²) in [5.41, 5.74) is -0.0903. The maximum Gasteiger partial charge on any atom is 3.00 e. The van der Waals surface area contributed by atoms with Gasteiger partial charge in [0.05, 0.1) is 35.0 Å². The average Bonchev–Trinajstić information content (AvgIpc) is 2.71. The van der Waals surface area contributed by atoms with Crippen LogP contribution in [0.3, 0.4) is 0 Å². The standard InChI is InChI=1S/3C6H5NO2.Dy/c3*8-6(9)5-3-1-2-4-7-5;/h3*1-4H,(H,8,9);/q;;;+3/p-3. The second-order valence-corrected chi connectivity index (χ2v) is 4.51. The number of nitrogens with zero attached hydrogens (tertiary/aromatic N) is 3. The molecule has 0 unspecified atom stereocenters. The number of hydrogen-bond acceptors (Lipinski definition) is 9. The van der Waals surface area contributed by atoms with Crippen LogP contribution in [-0.2, 0) is 0 Å². The van der Waals surface area contributed by atoms with Crippen molar-refractivity contribution < 1.29 is 67.9 Å². The van der Waals surface area contributed by atoms with E-state index in [9.17, 15) is 29.7 Å². The molecule has 3 aromatic rings. The molecule has 0 fully saturated rings. The molecule has 3 rings (SSSR count). The number of rotatable bonds is 3. The van der Waals surface area contributed by atoms with Crippen LogP contribution in [0, 0.1) is 38.2 Å². The molecule has 0 atom stereocenters. The third-order valence-electron chi connectivity index (χ3n) is 2.62. The Morgan fingerprint density at radius 3 is 0.893 bits per heavy atom. The molecule has 3 heterocycles. The zero-order valence-corrected chi connectivity index (χ0v) is 16.1. The molecular weight excluding hydrogens is 517 g/mol. The third-order valence-corrected chi connectivity index (χ3v) is 2.62. The number of carboxylic acid groups (broad SMARTS) is 3. The molecule has 0 aromatic carbocycles. The summed E-state index contributed by atoms with van der Waals surface area (Å²) < 4.78 is 0. The van der Waals surface area contributed by atoms with E-state index in [1.54, 1.807) is 36.4 Å². The third kappa shape index (κ3) is 10.3. The van der Waals surface area contributed by atoms with E-state index in [1.807, 2.05) is 0 Å². The van der Waals surface area contributed by atoms with Crippen LogP contribution >= 0.6 is 0 Å². The minimum atomic E-state index is -1.24. The molecule has 0 saturated heterocycles. The van der Waals surface area contributed by atoms with Crippen LogP contribution in [0.5, 0.6) is 0 Å². The maximum absolute atomic E-state index is 10.0. The predicted octanol–water partition coefficient (Wildman–Crippen LogP) is -1.66. The average molecular weight is 529 g/mol. The Hall–Kier alpha value is -2.87. The SMILES string of the molecule is O=C([O-])c1ccccn1.O=C([O-])c1ccccn1.O=C([O-])c1ccccn1.[Dy+3]. The number of hydrogen-bond donors (Lipinski definition) is 0. The number of pyridine rings is 3. The van der Waals surface area contributed by atoms with Gasteiger partial charge in [0.2, 0.25) is 0 Å². The smallest absolute Gasteiger partial charge is 0.543 e. The van der Waals surface area contributed by atoms with Crippen molar-refractivity contribution in [3.63, 3.8) is 0 Å². The molecule has 0 aliphatic heterocycles. The van der Waals surface area contributed by atoms with E-state index < -0.39 is 17.9 Å². The van der Waals surface area contributed by atoms with E-state index in [0.29, 0.717) is 0 Å². The van der Waals surface area contributed by atoms with Crippen LogP contribution in [-0.4, -0.2) is 32.9 Å². The summed E-state index contributed by atoms with van der Waals surface area (Å²) in [5, 5.41) is 30.1. The summed E-state index contributed by atoms with van der Waals surface area (Å²) in [5.74, 6) is -3.72. The fourth-order valence-corrected chi connectivity index (χ4v) is 1.45. The van der Waals surface area contributed by atoms with Crippen LogP contribution in [0.2, 0.25) is 0 Å². The fraction of sp³-hybridized carbons (Fsp3) is 0. The van der Waals surface area contributed by atoms with Crippen LogP contribution in [0.25, 0.3) is 0 Å². The molecule has 1 radical (unpaired) electrons. The van der Waals surface area contributed by atoms with Crippen molar-refractivity contribution in [1.29, 1.82) is 0 Å². The number of carbonyl (C=O) groups is 3. The molecule has 145 valence electrons. The molecule has 0 amide bonds. The molecular formula is C18H12DyN3O6. The van der Waals surface area contributed by atoms with Gasteiger partial charge < -0.3 is 29.7 Å². The second kappa shape index (κ2) is 14.2. The van der Waals surface area contributed by atoms with Gasteiger partial charge in [-0.2, -0.15) is 0 Å². The quantitative estimate of drug-likeness (QED) is 0.387. The Balaban J connectivity index is 0.000000384. The van der Waals surface area contributed by atoms with Gasteiger partial charge in [0.25, 0.3) is 0 Å². The summed E-state index contributed by atoms with van der Waals surface area (Å²) in [6, 6.07) is 13.9. The van der Waals surface area contributed by atoms with Gasteiger partial charge in [0.15, 0.2) is 0 Å². The van der Waals surface area contributed by atoms with Gasteiger partial charge in [0, 0.05) is 18.6 Å². The Labute approximate surface area is 190 Å². The van der Waals surface area contributed by atoms with Crippen LogP contribution in [0.4, 0.5) is 0 Å². The second-order valence-electron chi connectivity index (χ2n) is 4.51. The molecule has 0 N–H and O–H groups in total. The van der Waals surface area contributed by atoms with Crippen molar-refractivity contribution in [2.24, 2.45) is 0 Å². The molecule has 10 heteroatoms. The van der Waals surface area contributed by atoms with Gasteiger partial charge in [0.1, 0.15) is 0 Å². The molecule has 28 heavy (non-hydrogen) atoms. The topological polar surface area (TPSA) is 159 Å². The zero-order valence-electron chi connectivity index (χ0n) is 14.0. The van der Waals surface area contributed by atoms with Gasteiger partial charge >= 0.3 is 38.2 Å². The van der Waals surface area contributed by atoms with E-state index in [0.717, 1.165) is 0 Å². The van der Waals surface area contributed by atoms with Crippen molar-refractivity contribution in [3.8, 4) is 0 Å². The van der Waals surface area contributed by atoms with Gasteiger partial charge in [-0.25, -0.2) is 0 Å². The first kappa shape index (κ1) is 25.1. The van der Waals surface area contributed by atoms with Gasteiger partial charge in [-0.15, -0.1) is 0 Å². The first-order valence-electron chi connectivity index (χ1n) is 7.29. The molecule has 0 saturated carbocycles. The summed E-state index contributed by atoms with van der Waals surface area (Å²) in [7, 11) is 0. The fourth-order valence-electron chi connectivity index (χ4n) is 1.45. The molecule has 0 aliphatic rings. The Morgan fingerprint density at radius 1 is 0.536 bits per heavy atom. The van der Waals surface area contributed by atoms with Gasteiger partial charge in [-0.1, -0.05) is 18.2 Å². The zero-order chi connectivity index (χ0) is 20.1. The first-order valence-corrected chi connectivity index (χ1v) is 7.29. The van der Waals surface area contributed by atoms with E-state index in [1.165, 1.54) is 36.8 Å². The first-order chi connectivity index (χ1) is 12.9. The van der Waals surface area contributed by atoms with Crippen molar-refractivity contribution in [1.82, 2.24) is 15.0 Å². The minimum absolute atomic E-state index is 0. The van der Waals surface area contributed by atoms with Crippen molar-refractivity contribution in [2.75, 3.05) is 0 Å². The monoisotopic (exact) mass is 530 g/mol. The number of aromatic nitrogens is 3. The van der Waals surface area contributed by atoms with Crippen molar-refractivity contribution in [2.45, 2.75) is 0 Å². The molecule has 9 nitrogen and oxygen atoms in total. The van der Waals surface area contributed by atoms with E-state index in [-0.39, 0.29) is 55.3 Å². The Kier molecular flexibility index (Phi) is 12.8. The Morgan fingerprint density at radius 2 is 0.786 bits per heavy atom. The van der Waals surface area contributed by atoms with Crippen LogP contribution < -0.4 is 15.3 Å². The molecule has 3 aromatic heterocycles. The summed E-state index contributed by atoms with van der Waals surface area (Å²) >= 11 is 0. The summed E-state index contributed by atoms with van der Waals surface area (Å²) in [6.07, 6.45) is 4.22. The van der Waals surface area contributed by atoms with Gasteiger partial charge in [-0.3, -0.25) is 15.0 Å². The summed E-state index contributed by atoms with van der Waals surface area (Å²) in [6.45, 7) is 0. The molecule has 0 aliphatic carbocycles. The number of carbonyl (C=O) groups excluding carboxylic acids is 3. The minimum Gasteiger partial charge on any atom is -0.543 e. The van der Waals surface area contributed by atoms with Crippen molar-refractivity contribution >= 4 is 17.9 Å².